The number of allylic oxidation sites excluding steroid dienone is 2. The van der Waals surface area contributed by atoms with Crippen molar-refractivity contribution in [2.75, 3.05) is 0 Å². The Morgan fingerprint density at radius 3 is 2.70 bits per heavy atom. The number of benzene rings is 1. The Balaban J connectivity index is 1.36. The second kappa shape index (κ2) is 7.05. The first-order valence-electron chi connectivity index (χ1n) is 14.0. The lowest BCUT2D eigenvalue weighted by Crippen LogP contribution is -2.69. The van der Waals surface area contributed by atoms with Gasteiger partial charge in [-0.1, -0.05) is 31.6 Å². The molecule has 7 rings (SSSR count). The third kappa shape index (κ3) is 2.73. The number of H-pyrrole nitrogens is 1. The molecule has 2 aliphatic heterocycles. The van der Waals surface area contributed by atoms with E-state index in [1.807, 2.05) is 13.8 Å². The van der Waals surface area contributed by atoms with Crippen LogP contribution in [0.3, 0.4) is 0 Å². The number of hydrogen-bond acceptors (Lipinski definition) is 4. The van der Waals surface area contributed by atoms with Crippen LogP contribution < -0.4 is 0 Å². The highest BCUT2D eigenvalue weighted by atomic mass is 16.8. The van der Waals surface area contributed by atoms with Gasteiger partial charge < -0.3 is 19.6 Å². The molecule has 5 heteroatoms. The van der Waals surface area contributed by atoms with Crippen LogP contribution in [0.1, 0.15) is 84.0 Å². The number of carbonyl (C=O) groups is 1. The van der Waals surface area contributed by atoms with Crippen LogP contribution in [0.5, 0.6) is 0 Å². The molecule has 2 aromatic rings. The highest BCUT2D eigenvalue weighted by Gasteiger charge is 2.75. The Hall–Kier alpha value is -2.21. The van der Waals surface area contributed by atoms with Gasteiger partial charge >= 0.3 is 0 Å². The molecule has 5 aliphatic rings. The van der Waals surface area contributed by atoms with Crippen molar-refractivity contribution in [3.8, 4) is 0 Å². The van der Waals surface area contributed by atoms with E-state index in [1.165, 1.54) is 33.3 Å². The number of ether oxygens (including phenoxy) is 2. The van der Waals surface area contributed by atoms with Crippen molar-refractivity contribution in [2.45, 2.75) is 109 Å². The molecule has 37 heavy (non-hydrogen) atoms. The zero-order chi connectivity index (χ0) is 26.2. The summed E-state index contributed by atoms with van der Waals surface area (Å²) in [6.45, 7) is 12.8. The number of fused-ring (bicyclic) bond motifs is 9. The molecule has 1 spiro atoms. The number of aromatic nitrogens is 1. The van der Waals surface area contributed by atoms with E-state index in [-0.39, 0.29) is 11.2 Å². The summed E-state index contributed by atoms with van der Waals surface area (Å²) in [6.07, 6.45) is 8.28. The largest absolute Gasteiger partial charge is 0.385 e. The molecule has 0 amide bonds. The van der Waals surface area contributed by atoms with Crippen LogP contribution in [-0.4, -0.2) is 39.0 Å². The Bertz CT molecular complexity index is 1430. The summed E-state index contributed by atoms with van der Waals surface area (Å²) in [6, 6.07) is 6.81. The van der Waals surface area contributed by atoms with E-state index in [0.717, 1.165) is 25.7 Å². The van der Waals surface area contributed by atoms with Crippen LogP contribution in [-0.2, 0) is 32.5 Å². The summed E-state index contributed by atoms with van der Waals surface area (Å²) < 4.78 is 12.9. The van der Waals surface area contributed by atoms with Gasteiger partial charge in [0.25, 0.3) is 0 Å². The lowest BCUT2D eigenvalue weighted by atomic mass is 9.42. The number of aromatic amines is 1. The zero-order valence-electron chi connectivity index (χ0n) is 23.0. The summed E-state index contributed by atoms with van der Waals surface area (Å²) in [4.78, 5) is 17.0. The minimum atomic E-state index is -1.18. The lowest BCUT2D eigenvalue weighted by molar-refractivity contribution is -0.247. The van der Waals surface area contributed by atoms with Gasteiger partial charge in [-0.25, -0.2) is 0 Å². The normalized spacial score (nSPS) is 41.1. The van der Waals surface area contributed by atoms with E-state index in [0.29, 0.717) is 24.3 Å². The maximum absolute atomic E-state index is 13.2. The van der Waals surface area contributed by atoms with Gasteiger partial charge in [-0.3, -0.25) is 4.79 Å². The average Bonchev–Trinajstić information content (AvgIpc) is 3.42. The fourth-order valence-corrected chi connectivity index (χ4v) is 8.93. The summed E-state index contributed by atoms with van der Waals surface area (Å²) >= 11 is 0. The smallest absolute Gasteiger partial charge is 0.195 e. The maximum Gasteiger partial charge on any atom is 0.195 e. The van der Waals surface area contributed by atoms with Crippen molar-refractivity contribution >= 4 is 16.7 Å². The summed E-state index contributed by atoms with van der Waals surface area (Å²) in [5, 5.41) is 14.0. The van der Waals surface area contributed by atoms with Gasteiger partial charge in [-0.2, -0.15) is 0 Å². The third-order valence-corrected chi connectivity index (χ3v) is 11.1. The molecule has 1 saturated heterocycles. The second-order valence-electron chi connectivity index (χ2n) is 13.6. The van der Waals surface area contributed by atoms with Gasteiger partial charge in [-0.15, -0.1) is 0 Å². The summed E-state index contributed by atoms with van der Waals surface area (Å²) in [5.74, 6) is -0.644. The summed E-state index contributed by atoms with van der Waals surface area (Å²) in [5.41, 5.74) is 4.58. The Morgan fingerprint density at radius 1 is 1.16 bits per heavy atom. The fraction of sp³-hybridized carbons (Fsp3) is 0.594. The first-order chi connectivity index (χ1) is 17.3. The van der Waals surface area contributed by atoms with Crippen molar-refractivity contribution in [1.82, 2.24) is 4.98 Å². The number of hydrogen-bond donors (Lipinski definition) is 2. The van der Waals surface area contributed by atoms with Crippen LogP contribution in [0.4, 0.5) is 0 Å². The van der Waals surface area contributed by atoms with E-state index in [1.54, 1.807) is 6.08 Å². The van der Waals surface area contributed by atoms with E-state index in [9.17, 15) is 9.90 Å². The molecule has 2 bridgehead atoms. The predicted molar refractivity (Wildman–Crippen MR) is 143 cm³/mol. The van der Waals surface area contributed by atoms with E-state index >= 15 is 0 Å². The fourth-order valence-electron chi connectivity index (χ4n) is 8.93. The second-order valence-corrected chi connectivity index (χ2v) is 13.6. The van der Waals surface area contributed by atoms with Crippen molar-refractivity contribution in [2.24, 2.45) is 11.3 Å². The molecule has 3 fully saturated rings. The molecule has 2 saturated carbocycles. The van der Waals surface area contributed by atoms with E-state index < -0.39 is 28.5 Å². The van der Waals surface area contributed by atoms with Crippen LogP contribution in [0.15, 0.2) is 41.5 Å². The standard InChI is InChI=1S/C32H39NO4/c1-18(2)7-8-19-9-10-23-21(15-19)22-16-20-11-12-31(35)25-17-24(34)27-28(3,4)37-32(25,36-27)14-13-29(31,5)30(20,6)26(22)33-23/h7,9-10,15,17,20,27,33,35H,8,11-14,16H2,1-6H3/t20-,27-,29+,30+,31+,32+/m0/s1. The number of nitrogens with one attached hydrogen (secondary N) is 1. The average molecular weight is 502 g/mol. The van der Waals surface area contributed by atoms with Crippen LogP contribution >= 0.6 is 0 Å². The maximum atomic E-state index is 13.2. The molecule has 3 heterocycles. The van der Waals surface area contributed by atoms with Gasteiger partial charge in [0.05, 0.1) is 5.60 Å². The van der Waals surface area contributed by atoms with Crippen molar-refractivity contribution < 1.29 is 19.4 Å². The molecule has 1 aromatic heterocycles. The van der Waals surface area contributed by atoms with Gasteiger partial charge in [0.2, 0.25) is 0 Å². The Kier molecular flexibility index (Phi) is 4.55. The Labute approximate surface area is 219 Å². The molecule has 1 aromatic carbocycles. The topological polar surface area (TPSA) is 71.5 Å². The molecule has 196 valence electrons. The highest BCUT2D eigenvalue weighted by molar-refractivity contribution is 5.97. The third-order valence-electron chi connectivity index (χ3n) is 11.1. The van der Waals surface area contributed by atoms with Crippen LogP contribution in [0, 0.1) is 11.3 Å². The van der Waals surface area contributed by atoms with Gasteiger partial charge in [0.1, 0.15) is 5.60 Å². The number of rotatable bonds is 2. The van der Waals surface area contributed by atoms with Crippen molar-refractivity contribution in [1.29, 1.82) is 0 Å². The monoisotopic (exact) mass is 501 g/mol. The molecule has 2 N–H and O–H groups in total. The zero-order valence-corrected chi connectivity index (χ0v) is 23.0. The van der Waals surface area contributed by atoms with Gasteiger partial charge in [-0.05, 0) is 95.1 Å². The quantitative estimate of drug-likeness (QED) is 0.508. The van der Waals surface area contributed by atoms with Crippen LogP contribution in [0.25, 0.3) is 10.9 Å². The first-order valence-corrected chi connectivity index (χ1v) is 14.0. The number of aliphatic hydroxyl groups is 1. The highest BCUT2D eigenvalue weighted by Crippen LogP contribution is 2.71. The molecular weight excluding hydrogens is 462 g/mol. The minimum absolute atomic E-state index is 0.0836. The molecule has 0 radical (unpaired) electrons. The first kappa shape index (κ1) is 23.9. The van der Waals surface area contributed by atoms with Crippen molar-refractivity contribution in [3.05, 3.63) is 58.3 Å². The Morgan fingerprint density at radius 2 is 1.95 bits per heavy atom. The predicted octanol–water partition coefficient (Wildman–Crippen LogP) is 5.83. The molecule has 5 nitrogen and oxygen atoms in total. The van der Waals surface area contributed by atoms with Gasteiger partial charge in [0, 0.05) is 39.4 Å². The molecular formula is C32H39NO4. The van der Waals surface area contributed by atoms with E-state index in [2.05, 4.69) is 57.0 Å². The SMILES string of the molecule is CC(C)=CCc1ccc2[nH]c3c(c2c1)C[C@@H]1CC[C@@]2(O)C4=CC(=O)[C@@H]5O[C@]4(CC[C@]2(C)[C@@]31C)OC5(C)C. The number of ketones is 1. The van der Waals surface area contributed by atoms with E-state index in [4.69, 9.17) is 9.47 Å². The summed E-state index contributed by atoms with van der Waals surface area (Å²) in [7, 11) is 0. The van der Waals surface area contributed by atoms with Gasteiger partial charge in [0.15, 0.2) is 17.7 Å². The molecule has 6 atom stereocenters. The van der Waals surface area contributed by atoms with Crippen molar-refractivity contribution in [3.63, 3.8) is 0 Å². The van der Waals surface area contributed by atoms with Crippen LogP contribution in [0.2, 0.25) is 0 Å². The molecule has 0 unspecified atom stereocenters. The lowest BCUT2D eigenvalue weighted by Gasteiger charge is -2.65. The number of carbonyl (C=O) groups excluding carboxylic acids is 1. The molecule has 3 aliphatic carbocycles. The minimum Gasteiger partial charge on any atom is -0.385 e.